The van der Waals surface area contributed by atoms with Crippen LogP contribution in [0, 0.1) is 0 Å². The van der Waals surface area contributed by atoms with Crippen LogP contribution >= 0.6 is 0 Å². The fraction of sp³-hybridized carbons (Fsp3) is 0.364. The lowest BCUT2D eigenvalue weighted by Gasteiger charge is -2.36. The standard InChI is InChI=1S/C22H26N2O2/c1-3-18-9-7-8-12-20(18)22(26)24-15-13-23(14-16-24)21(25)17(2)19-10-5-4-6-11-19/h4-12,17H,3,13-16H2,1-2H3/t17-/m1/s1. The second kappa shape index (κ2) is 8.17. The van der Waals surface area contributed by atoms with E-state index < -0.39 is 0 Å². The van der Waals surface area contributed by atoms with Gasteiger partial charge in [-0.1, -0.05) is 55.5 Å². The minimum atomic E-state index is -0.153. The molecule has 1 heterocycles. The van der Waals surface area contributed by atoms with Gasteiger partial charge in [0.15, 0.2) is 0 Å². The summed E-state index contributed by atoms with van der Waals surface area (Å²) in [4.78, 5) is 29.4. The maximum absolute atomic E-state index is 12.8. The van der Waals surface area contributed by atoms with Crippen LogP contribution in [0.3, 0.4) is 0 Å². The number of nitrogens with zero attached hydrogens (tertiary/aromatic N) is 2. The van der Waals surface area contributed by atoms with Gasteiger partial charge >= 0.3 is 0 Å². The van der Waals surface area contributed by atoms with E-state index in [-0.39, 0.29) is 17.7 Å². The van der Waals surface area contributed by atoms with E-state index in [0.29, 0.717) is 26.2 Å². The Bertz CT molecular complexity index is 765. The molecular weight excluding hydrogens is 324 g/mol. The smallest absolute Gasteiger partial charge is 0.254 e. The third-order valence-electron chi connectivity index (χ3n) is 5.18. The second-order valence-electron chi connectivity index (χ2n) is 6.76. The molecule has 26 heavy (non-hydrogen) atoms. The third-order valence-corrected chi connectivity index (χ3v) is 5.18. The van der Waals surface area contributed by atoms with Gasteiger partial charge in [-0.05, 0) is 30.5 Å². The summed E-state index contributed by atoms with van der Waals surface area (Å²) < 4.78 is 0. The quantitative estimate of drug-likeness (QED) is 0.848. The molecule has 2 amide bonds. The molecule has 0 unspecified atom stereocenters. The highest BCUT2D eigenvalue weighted by atomic mass is 16.2. The van der Waals surface area contributed by atoms with Gasteiger partial charge in [0.25, 0.3) is 5.91 Å². The Morgan fingerprint density at radius 1 is 0.885 bits per heavy atom. The molecule has 1 aliphatic heterocycles. The topological polar surface area (TPSA) is 40.6 Å². The van der Waals surface area contributed by atoms with Gasteiger partial charge in [0.2, 0.25) is 5.91 Å². The number of hydrogen-bond acceptors (Lipinski definition) is 2. The predicted molar refractivity (Wildman–Crippen MR) is 103 cm³/mol. The molecule has 0 N–H and O–H groups in total. The molecule has 0 bridgehead atoms. The molecule has 2 aromatic carbocycles. The van der Waals surface area contributed by atoms with Crippen LogP contribution < -0.4 is 0 Å². The minimum Gasteiger partial charge on any atom is -0.339 e. The zero-order valence-electron chi connectivity index (χ0n) is 15.5. The Hall–Kier alpha value is -2.62. The van der Waals surface area contributed by atoms with E-state index in [4.69, 9.17) is 0 Å². The highest BCUT2D eigenvalue weighted by Gasteiger charge is 2.28. The monoisotopic (exact) mass is 350 g/mol. The van der Waals surface area contributed by atoms with Gasteiger partial charge in [-0.25, -0.2) is 0 Å². The summed E-state index contributed by atoms with van der Waals surface area (Å²) in [7, 11) is 0. The van der Waals surface area contributed by atoms with Gasteiger partial charge in [0.05, 0.1) is 5.92 Å². The number of amides is 2. The molecule has 1 fully saturated rings. The largest absolute Gasteiger partial charge is 0.339 e. The van der Waals surface area contributed by atoms with Crippen molar-refractivity contribution in [1.82, 2.24) is 9.80 Å². The van der Waals surface area contributed by atoms with Crippen molar-refractivity contribution in [3.63, 3.8) is 0 Å². The highest BCUT2D eigenvalue weighted by molar-refractivity contribution is 5.96. The van der Waals surface area contributed by atoms with Crippen LogP contribution in [0.2, 0.25) is 0 Å². The van der Waals surface area contributed by atoms with E-state index in [9.17, 15) is 9.59 Å². The van der Waals surface area contributed by atoms with Crippen molar-refractivity contribution >= 4 is 11.8 Å². The zero-order valence-corrected chi connectivity index (χ0v) is 15.5. The summed E-state index contributed by atoms with van der Waals surface area (Å²) in [6, 6.07) is 17.6. The summed E-state index contributed by atoms with van der Waals surface area (Å²) in [6.45, 7) is 6.38. The molecule has 0 spiro atoms. The first kappa shape index (κ1) is 18.2. The van der Waals surface area contributed by atoms with Crippen molar-refractivity contribution in [3.05, 3.63) is 71.3 Å². The summed E-state index contributed by atoms with van der Waals surface area (Å²) in [6.07, 6.45) is 0.842. The SMILES string of the molecule is CCc1ccccc1C(=O)N1CCN(C(=O)[C@H](C)c2ccccc2)CC1. The molecule has 4 heteroatoms. The molecule has 0 radical (unpaired) electrons. The lowest BCUT2D eigenvalue weighted by atomic mass is 9.99. The van der Waals surface area contributed by atoms with Crippen molar-refractivity contribution in [2.45, 2.75) is 26.2 Å². The van der Waals surface area contributed by atoms with E-state index in [0.717, 1.165) is 23.1 Å². The number of benzene rings is 2. The number of aryl methyl sites for hydroxylation is 1. The molecule has 0 saturated carbocycles. The zero-order chi connectivity index (χ0) is 18.5. The molecule has 4 nitrogen and oxygen atoms in total. The van der Waals surface area contributed by atoms with Crippen LogP contribution in [0.5, 0.6) is 0 Å². The Balaban J connectivity index is 1.62. The van der Waals surface area contributed by atoms with Crippen LogP contribution in [0.15, 0.2) is 54.6 Å². The molecule has 0 aliphatic carbocycles. The van der Waals surface area contributed by atoms with Crippen molar-refractivity contribution in [3.8, 4) is 0 Å². The first-order valence-electron chi connectivity index (χ1n) is 9.32. The molecule has 1 saturated heterocycles. The number of rotatable bonds is 4. The van der Waals surface area contributed by atoms with Crippen LogP contribution in [-0.4, -0.2) is 47.8 Å². The Labute approximate surface area is 155 Å². The number of piperazine rings is 1. The van der Waals surface area contributed by atoms with Crippen LogP contribution in [0.1, 0.15) is 41.3 Å². The lowest BCUT2D eigenvalue weighted by Crippen LogP contribution is -2.51. The second-order valence-corrected chi connectivity index (χ2v) is 6.76. The van der Waals surface area contributed by atoms with Crippen LogP contribution in [-0.2, 0) is 11.2 Å². The predicted octanol–water partition coefficient (Wildman–Crippen LogP) is 3.34. The molecule has 2 aromatic rings. The minimum absolute atomic E-state index is 0.0747. The van der Waals surface area contributed by atoms with Crippen molar-refractivity contribution < 1.29 is 9.59 Å². The number of carbonyl (C=O) groups is 2. The van der Waals surface area contributed by atoms with Gasteiger partial charge in [0.1, 0.15) is 0 Å². The summed E-state index contributed by atoms with van der Waals surface area (Å²) in [5, 5.41) is 0. The van der Waals surface area contributed by atoms with E-state index in [1.165, 1.54) is 0 Å². The molecule has 1 atom stereocenters. The fourth-order valence-corrected chi connectivity index (χ4v) is 3.50. The average molecular weight is 350 g/mol. The highest BCUT2D eigenvalue weighted by Crippen LogP contribution is 2.20. The van der Waals surface area contributed by atoms with E-state index >= 15 is 0 Å². The summed E-state index contributed by atoms with van der Waals surface area (Å²) >= 11 is 0. The lowest BCUT2D eigenvalue weighted by molar-refractivity contribution is -0.133. The van der Waals surface area contributed by atoms with Gasteiger partial charge in [0, 0.05) is 31.7 Å². The first-order valence-corrected chi connectivity index (χ1v) is 9.32. The maximum Gasteiger partial charge on any atom is 0.254 e. The fourth-order valence-electron chi connectivity index (χ4n) is 3.50. The van der Waals surface area contributed by atoms with Gasteiger partial charge in [-0.3, -0.25) is 9.59 Å². The van der Waals surface area contributed by atoms with Crippen molar-refractivity contribution in [2.75, 3.05) is 26.2 Å². The van der Waals surface area contributed by atoms with E-state index in [1.54, 1.807) is 0 Å². The van der Waals surface area contributed by atoms with E-state index in [1.807, 2.05) is 71.3 Å². The van der Waals surface area contributed by atoms with Gasteiger partial charge < -0.3 is 9.80 Å². The maximum atomic E-state index is 12.8. The summed E-state index contributed by atoms with van der Waals surface area (Å²) in [5.41, 5.74) is 2.90. The Morgan fingerprint density at radius 3 is 2.12 bits per heavy atom. The van der Waals surface area contributed by atoms with E-state index in [2.05, 4.69) is 6.92 Å². The number of hydrogen-bond donors (Lipinski definition) is 0. The van der Waals surface area contributed by atoms with Crippen molar-refractivity contribution in [2.24, 2.45) is 0 Å². The third kappa shape index (κ3) is 3.79. The Morgan fingerprint density at radius 2 is 1.46 bits per heavy atom. The van der Waals surface area contributed by atoms with Crippen LogP contribution in [0.25, 0.3) is 0 Å². The molecule has 136 valence electrons. The molecule has 1 aliphatic rings. The van der Waals surface area contributed by atoms with Gasteiger partial charge in [-0.2, -0.15) is 0 Å². The Kier molecular flexibility index (Phi) is 5.71. The normalized spacial score (nSPS) is 15.6. The first-order chi connectivity index (χ1) is 12.6. The molecule has 3 rings (SSSR count). The number of carbonyl (C=O) groups excluding carboxylic acids is 2. The van der Waals surface area contributed by atoms with Gasteiger partial charge in [-0.15, -0.1) is 0 Å². The molecular formula is C22H26N2O2. The molecule has 0 aromatic heterocycles. The average Bonchev–Trinajstić information content (AvgIpc) is 2.73. The summed E-state index contributed by atoms with van der Waals surface area (Å²) in [5.74, 6) is 0.0576. The van der Waals surface area contributed by atoms with Crippen LogP contribution in [0.4, 0.5) is 0 Å². The van der Waals surface area contributed by atoms with Crippen molar-refractivity contribution in [1.29, 1.82) is 0 Å².